The average Bonchev–Trinajstić information content (AvgIpc) is 2.63. The van der Waals surface area contributed by atoms with Crippen molar-refractivity contribution in [3.8, 4) is 0 Å². The first kappa shape index (κ1) is 18.5. The first-order valence-corrected chi connectivity index (χ1v) is 8.18. The molecule has 0 saturated carbocycles. The smallest absolute Gasteiger partial charge is 0.337 e. The fourth-order valence-electron chi connectivity index (χ4n) is 2.68. The lowest BCUT2D eigenvalue weighted by Gasteiger charge is -2.27. The molecule has 1 aromatic carbocycles. The van der Waals surface area contributed by atoms with Crippen LogP contribution in [-0.4, -0.2) is 53.3 Å². The maximum atomic E-state index is 13.2. The van der Waals surface area contributed by atoms with Crippen LogP contribution in [0.1, 0.15) is 16.2 Å². The second kappa shape index (κ2) is 7.96. The maximum absolute atomic E-state index is 13.2. The zero-order chi connectivity index (χ0) is 19.4. The minimum Gasteiger partial charge on any atom is -0.478 e. The second-order valence-electron chi connectivity index (χ2n) is 5.87. The quantitative estimate of drug-likeness (QED) is 0.699. The van der Waals surface area contributed by atoms with Gasteiger partial charge >= 0.3 is 5.97 Å². The molecule has 9 nitrogen and oxygen atoms in total. The highest BCUT2D eigenvalue weighted by molar-refractivity contribution is 6.00. The van der Waals surface area contributed by atoms with Crippen molar-refractivity contribution in [3.05, 3.63) is 51.8 Å². The van der Waals surface area contributed by atoms with Gasteiger partial charge in [0.25, 0.3) is 5.56 Å². The fourth-order valence-corrected chi connectivity index (χ4v) is 2.68. The number of anilines is 2. The Kier molecular flexibility index (Phi) is 5.46. The van der Waals surface area contributed by atoms with Gasteiger partial charge in [0.1, 0.15) is 17.5 Å². The highest BCUT2D eigenvalue weighted by atomic mass is 19.1. The number of benzene rings is 1. The van der Waals surface area contributed by atoms with E-state index < -0.39 is 23.3 Å². The number of carbonyl (C=O) groups excluding carboxylic acids is 1. The summed E-state index contributed by atoms with van der Waals surface area (Å²) in [6.07, 6.45) is -0.274. The van der Waals surface area contributed by atoms with E-state index >= 15 is 0 Å². The van der Waals surface area contributed by atoms with Crippen LogP contribution in [0.2, 0.25) is 0 Å². The topological polar surface area (TPSA) is 125 Å². The van der Waals surface area contributed by atoms with E-state index in [0.717, 1.165) is 18.2 Å². The molecule has 1 aromatic heterocycles. The van der Waals surface area contributed by atoms with E-state index in [1.54, 1.807) is 0 Å². The molecule has 3 N–H and O–H groups in total. The summed E-state index contributed by atoms with van der Waals surface area (Å²) in [5, 5.41) is 11.5. The van der Waals surface area contributed by atoms with E-state index in [-0.39, 0.29) is 23.5 Å². The van der Waals surface area contributed by atoms with Crippen LogP contribution in [-0.2, 0) is 16.0 Å². The van der Waals surface area contributed by atoms with Gasteiger partial charge in [-0.25, -0.2) is 14.2 Å². The van der Waals surface area contributed by atoms with E-state index in [1.165, 1.54) is 6.07 Å². The van der Waals surface area contributed by atoms with Gasteiger partial charge in [-0.05, 0) is 18.2 Å². The van der Waals surface area contributed by atoms with Gasteiger partial charge in [-0.1, -0.05) is 0 Å². The average molecular weight is 376 g/mol. The maximum Gasteiger partial charge on any atom is 0.337 e. The summed E-state index contributed by atoms with van der Waals surface area (Å²) >= 11 is 0. The summed E-state index contributed by atoms with van der Waals surface area (Å²) in [6, 6.07) is 4.37. The Morgan fingerprint density at radius 1 is 1.30 bits per heavy atom. The van der Waals surface area contributed by atoms with Crippen LogP contribution < -0.4 is 15.8 Å². The molecule has 0 aliphatic carbocycles. The summed E-state index contributed by atoms with van der Waals surface area (Å²) in [5.74, 6) is -2.11. The minimum absolute atomic E-state index is 0.0411. The van der Waals surface area contributed by atoms with Gasteiger partial charge in [0.2, 0.25) is 5.91 Å². The predicted octanol–water partition coefficient (Wildman–Crippen LogP) is 0.625. The number of ether oxygens (including phenoxy) is 1. The summed E-state index contributed by atoms with van der Waals surface area (Å²) in [4.78, 5) is 44.0. The number of H-pyrrole nitrogens is 1. The number of hydrogen-bond donors (Lipinski definition) is 3. The number of nitrogens with zero attached hydrogens (tertiary/aromatic N) is 2. The number of morpholine rings is 1. The Morgan fingerprint density at radius 2 is 2.04 bits per heavy atom. The number of carboxylic acids is 1. The van der Waals surface area contributed by atoms with Crippen molar-refractivity contribution >= 4 is 23.4 Å². The Hall–Kier alpha value is -3.27. The molecule has 142 valence electrons. The lowest BCUT2D eigenvalue weighted by atomic mass is 10.1. The van der Waals surface area contributed by atoms with Crippen LogP contribution in [0.5, 0.6) is 0 Å². The first-order chi connectivity index (χ1) is 12.9. The number of hydrogen-bond acceptors (Lipinski definition) is 6. The van der Waals surface area contributed by atoms with Gasteiger partial charge in [0.05, 0.1) is 30.9 Å². The Balaban J connectivity index is 1.76. The number of aromatic nitrogens is 2. The zero-order valence-electron chi connectivity index (χ0n) is 14.2. The SMILES string of the molecule is O=C(Cc1nc(N2CCOCC2)cc(=O)[nH]1)Nc1ccc(F)cc1C(=O)O. The molecule has 1 aliphatic rings. The second-order valence-corrected chi connectivity index (χ2v) is 5.87. The van der Waals surface area contributed by atoms with Gasteiger partial charge in [0, 0.05) is 19.2 Å². The number of nitrogens with one attached hydrogen (secondary N) is 2. The lowest BCUT2D eigenvalue weighted by molar-refractivity contribution is -0.115. The van der Waals surface area contributed by atoms with Gasteiger partial charge in [-0.2, -0.15) is 0 Å². The molecule has 10 heteroatoms. The molecule has 1 amide bonds. The van der Waals surface area contributed by atoms with Gasteiger partial charge in [0.15, 0.2) is 0 Å². The van der Waals surface area contributed by atoms with E-state index in [1.807, 2.05) is 4.90 Å². The fraction of sp³-hybridized carbons (Fsp3) is 0.294. The summed E-state index contributed by atoms with van der Waals surface area (Å²) in [7, 11) is 0. The zero-order valence-corrected chi connectivity index (χ0v) is 14.2. The van der Waals surface area contributed by atoms with Crippen LogP contribution in [0.4, 0.5) is 15.9 Å². The Morgan fingerprint density at radius 3 is 2.74 bits per heavy atom. The molecule has 0 bridgehead atoms. The lowest BCUT2D eigenvalue weighted by Crippen LogP contribution is -2.37. The molecule has 3 rings (SSSR count). The minimum atomic E-state index is -1.37. The number of halogens is 1. The number of amides is 1. The molecule has 1 aliphatic heterocycles. The van der Waals surface area contributed by atoms with Crippen molar-refractivity contribution < 1.29 is 23.8 Å². The highest BCUT2D eigenvalue weighted by Crippen LogP contribution is 2.17. The largest absolute Gasteiger partial charge is 0.478 e. The first-order valence-electron chi connectivity index (χ1n) is 8.18. The van der Waals surface area contributed by atoms with Crippen LogP contribution >= 0.6 is 0 Å². The molecule has 2 heterocycles. The summed E-state index contributed by atoms with van der Waals surface area (Å²) in [5.41, 5.74) is -0.810. The molecule has 27 heavy (non-hydrogen) atoms. The van der Waals surface area contributed by atoms with E-state index in [9.17, 15) is 18.8 Å². The van der Waals surface area contributed by atoms with Crippen LogP contribution in [0, 0.1) is 5.82 Å². The molecule has 0 atom stereocenters. The number of carbonyl (C=O) groups is 2. The van der Waals surface area contributed by atoms with Gasteiger partial charge in [-0.15, -0.1) is 0 Å². The third-order valence-electron chi connectivity index (χ3n) is 3.93. The van der Waals surface area contributed by atoms with Crippen molar-refractivity contribution in [1.29, 1.82) is 0 Å². The molecule has 1 saturated heterocycles. The predicted molar refractivity (Wildman–Crippen MR) is 93.6 cm³/mol. The van der Waals surface area contributed by atoms with Crippen LogP contribution in [0.3, 0.4) is 0 Å². The molecule has 0 unspecified atom stereocenters. The van der Waals surface area contributed by atoms with Gasteiger partial charge in [-0.3, -0.25) is 9.59 Å². The highest BCUT2D eigenvalue weighted by Gasteiger charge is 2.17. The molecule has 0 radical (unpaired) electrons. The number of carboxylic acid groups (broad SMARTS) is 1. The number of aromatic amines is 1. The van der Waals surface area contributed by atoms with Gasteiger partial charge < -0.3 is 25.0 Å². The molecule has 1 fully saturated rings. The van der Waals surface area contributed by atoms with Crippen LogP contribution in [0.15, 0.2) is 29.1 Å². The van der Waals surface area contributed by atoms with Crippen LogP contribution in [0.25, 0.3) is 0 Å². The molecule has 2 aromatic rings. The van der Waals surface area contributed by atoms with E-state index in [0.29, 0.717) is 32.1 Å². The molecular formula is C17H17FN4O5. The Labute approximate surface area is 152 Å². The van der Waals surface area contributed by atoms with Crippen molar-refractivity contribution in [2.24, 2.45) is 0 Å². The Bertz CT molecular complexity index is 924. The monoisotopic (exact) mass is 376 g/mol. The summed E-state index contributed by atoms with van der Waals surface area (Å²) < 4.78 is 18.5. The summed E-state index contributed by atoms with van der Waals surface area (Å²) in [6.45, 7) is 2.21. The number of rotatable bonds is 5. The van der Waals surface area contributed by atoms with Crippen molar-refractivity contribution in [2.75, 3.05) is 36.5 Å². The van der Waals surface area contributed by atoms with Crippen molar-refractivity contribution in [3.63, 3.8) is 0 Å². The van der Waals surface area contributed by atoms with E-state index in [4.69, 9.17) is 9.84 Å². The third kappa shape index (κ3) is 4.67. The van der Waals surface area contributed by atoms with E-state index in [2.05, 4.69) is 15.3 Å². The van der Waals surface area contributed by atoms with Crippen molar-refractivity contribution in [2.45, 2.75) is 6.42 Å². The normalized spacial score (nSPS) is 14.0. The van der Waals surface area contributed by atoms with Crippen molar-refractivity contribution in [1.82, 2.24) is 9.97 Å². The number of aromatic carboxylic acids is 1. The molecule has 0 spiro atoms. The third-order valence-corrected chi connectivity index (χ3v) is 3.93. The standard InChI is InChI=1S/C17H17FN4O5/c18-10-1-2-12(11(7-10)17(25)26)19-15(23)8-13-20-14(9-16(24)21-13)22-3-5-27-6-4-22/h1-2,7,9H,3-6,8H2,(H,19,23)(H,25,26)(H,20,21,24). The molecular weight excluding hydrogens is 359 g/mol.